The molecule has 3 N–H and O–H groups in total. The van der Waals surface area contributed by atoms with E-state index in [2.05, 4.69) is 5.32 Å². The lowest BCUT2D eigenvalue weighted by atomic mass is 9.80. The highest BCUT2D eigenvalue weighted by atomic mass is 19.3. The molecule has 5 nitrogen and oxygen atoms in total. The third-order valence-electron chi connectivity index (χ3n) is 5.42. The molecule has 0 aromatic heterocycles. The topological polar surface area (TPSA) is 67.6 Å². The number of alkyl halides is 2. The van der Waals surface area contributed by atoms with Gasteiger partial charge in [0.1, 0.15) is 5.75 Å². The predicted octanol–water partition coefficient (Wildman–Crippen LogP) is 1.09. The first-order chi connectivity index (χ1) is 11.4. The van der Waals surface area contributed by atoms with Gasteiger partial charge in [-0.1, -0.05) is 18.2 Å². The van der Waals surface area contributed by atoms with E-state index in [1.165, 1.54) is 0 Å². The normalized spacial score (nSPS) is 34.9. The fraction of sp³-hybridized carbons (Fsp3) is 0.588. The number of primary amides is 1. The first-order valence-corrected chi connectivity index (χ1v) is 8.33. The van der Waals surface area contributed by atoms with Gasteiger partial charge in [0.15, 0.2) is 0 Å². The summed E-state index contributed by atoms with van der Waals surface area (Å²) in [6.07, 6.45) is 0.547. The molecular formula is C17H21F2N3O2. The van der Waals surface area contributed by atoms with Crippen molar-refractivity contribution in [3.05, 3.63) is 29.8 Å². The summed E-state index contributed by atoms with van der Waals surface area (Å²) in [7, 11) is 0. The number of rotatable bonds is 2. The van der Waals surface area contributed by atoms with Crippen molar-refractivity contribution < 1.29 is 18.3 Å². The molecule has 7 heteroatoms. The first kappa shape index (κ1) is 15.8. The summed E-state index contributed by atoms with van der Waals surface area (Å²) in [6, 6.07) is 6.56. The van der Waals surface area contributed by atoms with Gasteiger partial charge in [-0.3, -0.25) is 15.0 Å². The van der Waals surface area contributed by atoms with E-state index < -0.39 is 17.9 Å². The monoisotopic (exact) mass is 337 g/mol. The Hall–Kier alpha value is -1.73. The maximum absolute atomic E-state index is 14.0. The van der Waals surface area contributed by atoms with Crippen LogP contribution in [0.2, 0.25) is 0 Å². The minimum Gasteiger partial charge on any atom is -0.493 e. The second kappa shape index (κ2) is 5.67. The third-order valence-corrected chi connectivity index (χ3v) is 5.42. The Morgan fingerprint density at radius 3 is 2.96 bits per heavy atom. The van der Waals surface area contributed by atoms with Gasteiger partial charge < -0.3 is 10.5 Å². The van der Waals surface area contributed by atoms with Gasteiger partial charge in [0.05, 0.1) is 19.2 Å². The average Bonchev–Trinajstić information content (AvgIpc) is 2.87. The number of ether oxygens (including phenoxy) is 1. The molecule has 3 heterocycles. The Morgan fingerprint density at radius 1 is 1.38 bits per heavy atom. The van der Waals surface area contributed by atoms with Gasteiger partial charge >= 0.3 is 0 Å². The summed E-state index contributed by atoms with van der Waals surface area (Å²) in [5.41, 5.74) is 6.48. The van der Waals surface area contributed by atoms with Gasteiger partial charge in [-0.2, -0.15) is 0 Å². The molecule has 1 amide bonds. The number of fused-ring (bicyclic) bond motifs is 2. The van der Waals surface area contributed by atoms with Crippen LogP contribution in [0.1, 0.15) is 24.3 Å². The van der Waals surface area contributed by atoms with Crippen LogP contribution < -0.4 is 15.8 Å². The van der Waals surface area contributed by atoms with Gasteiger partial charge in [-0.15, -0.1) is 0 Å². The molecule has 0 spiro atoms. The number of piperazine rings is 1. The van der Waals surface area contributed by atoms with E-state index in [-0.39, 0.29) is 37.5 Å². The lowest BCUT2D eigenvalue weighted by Gasteiger charge is -2.45. The molecule has 3 aliphatic rings. The van der Waals surface area contributed by atoms with E-state index in [0.717, 1.165) is 17.7 Å². The minimum atomic E-state index is -2.72. The van der Waals surface area contributed by atoms with E-state index in [1.807, 2.05) is 24.3 Å². The predicted molar refractivity (Wildman–Crippen MR) is 84.1 cm³/mol. The molecule has 4 rings (SSSR count). The molecule has 0 aliphatic carbocycles. The Bertz CT molecular complexity index is 654. The average molecular weight is 337 g/mol. The molecule has 3 aliphatic heterocycles. The molecule has 1 aromatic carbocycles. The number of para-hydroxylation sites is 1. The fourth-order valence-corrected chi connectivity index (χ4v) is 4.40. The van der Waals surface area contributed by atoms with Crippen molar-refractivity contribution in [2.75, 3.05) is 19.7 Å². The summed E-state index contributed by atoms with van der Waals surface area (Å²) < 4.78 is 33.7. The minimum absolute atomic E-state index is 0.0264. The maximum Gasteiger partial charge on any atom is 0.262 e. The number of hydrogen-bond acceptors (Lipinski definition) is 4. The Kier molecular flexibility index (Phi) is 3.73. The van der Waals surface area contributed by atoms with Gasteiger partial charge in [0.25, 0.3) is 5.92 Å². The van der Waals surface area contributed by atoms with E-state index in [0.29, 0.717) is 6.61 Å². The second-order valence-corrected chi connectivity index (χ2v) is 6.99. The summed E-state index contributed by atoms with van der Waals surface area (Å²) in [6.45, 7) is 0.492. The maximum atomic E-state index is 14.0. The van der Waals surface area contributed by atoms with Crippen LogP contribution in [0.5, 0.6) is 5.75 Å². The molecule has 2 saturated heterocycles. The molecule has 1 aromatic rings. The van der Waals surface area contributed by atoms with Gasteiger partial charge in [-0.05, 0) is 18.1 Å². The highest BCUT2D eigenvalue weighted by Gasteiger charge is 2.53. The lowest BCUT2D eigenvalue weighted by Crippen LogP contribution is -2.65. The van der Waals surface area contributed by atoms with Crippen LogP contribution in [0.3, 0.4) is 0 Å². The van der Waals surface area contributed by atoms with Crippen LogP contribution in [-0.2, 0) is 4.79 Å². The number of nitrogens with zero attached hydrogens (tertiary/aromatic N) is 1. The zero-order chi connectivity index (χ0) is 16.9. The van der Waals surface area contributed by atoms with E-state index in [1.54, 1.807) is 4.90 Å². The number of amides is 1. The fourth-order valence-electron chi connectivity index (χ4n) is 4.40. The molecule has 4 atom stereocenters. The molecular weight excluding hydrogens is 316 g/mol. The number of nitrogens with two attached hydrogens (primary N) is 1. The second-order valence-electron chi connectivity index (χ2n) is 6.99. The molecule has 0 bridgehead atoms. The van der Waals surface area contributed by atoms with E-state index >= 15 is 0 Å². The molecule has 0 radical (unpaired) electrons. The largest absolute Gasteiger partial charge is 0.493 e. The number of carbonyl (C=O) groups excluding carboxylic acids is 1. The number of halogens is 2. The lowest BCUT2D eigenvalue weighted by molar-refractivity contribution is -0.122. The van der Waals surface area contributed by atoms with E-state index in [9.17, 15) is 13.6 Å². The summed E-state index contributed by atoms with van der Waals surface area (Å²) in [4.78, 5) is 13.4. The number of carbonyl (C=O) groups is 1. The zero-order valence-corrected chi connectivity index (χ0v) is 13.3. The van der Waals surface area contributed by atoms with Crippen LogP contribution in [0.15, 0.2) is 24.3 Å². The van der Waals surface area contributed by atoms with Crippen molar-refractivity contribution in [2.45, 2.75) is 42.8 Å². The number of benzene rings is 1. The van der Waals surface area contributed by atoms with Crippen molar-refractivity contribution in [1.29, 1.82) is 0 Å². The van der Waals surface area contributed by atoms with Crippen molar-refractivity contribution in [3.63, 3.8) is 0 Å². The Labute approximate surface area is 139 Å². The van der Waals surface area contributed by atoms with Crippen LogP contribution in [0.25, 0.3) is 0 Å². The van der Waals surface area contributed by atoms with Crippen LogP contribution in [0, 0.1) is 0 Å². The molecule has 130 valence electrons. The van der Waals surface area contributed by atoms with Gasteiger partial charge in [-0.25, -0.2) is 8.78 Å². The van der Waals surface area contributed by atoms with Gasteiger partial charge in [0, 0.05) is 31.0 Å². The Balaban J connectivity index is 1.68. The van der Waals surface area contributed by atoms with Crippen molar-refractivity contribution in [2.24, 2.45) is 5.73 Å². The molecule has 24 heavy (non-hydrogen) atoms. The highest BCUT2D eigenvalue weighted by molar-refractivity contribution is 5.80. The van der Waals surface area contributed by atoms with Crippen LogP contribution in [-0.4, -0.2) is 54.6 Å². The van der Waals surface area contributed by atoms with Crippen molar-refractivity contribution in [1.82, 2.24) is 10.2 Å². The molecule has 0 saturated carbocycles. The van der Waals surface area contributed by atoms with Gasteiger partial charge in [0.2, 0.25) is 5.91 Å². The molecule has 3 unspecified atom stereocenters. The quantitative estimate of drug-likeness (QED) is 0.848. The SMILES string of the molecule is NC(=O)C1CN2CC(F)(F)CC2C([C@@H]2CCOc3ccccc32)N1. The summed E-state index contributed by atoms with van der Waals surface area (Å²) in [5.74, 6) is -2.39. The standard InChI is InChI=1S/C17H21F2N3O2/c18-17(19)7-13-15(21-12(16(20)23)8-22(13)9-17)11-5-6-24-14-4-2-1-3-10(11)14/h1-4,11-13,15,21H,5-9H2,(H2,20,23)/t11-,12?,13?,15?/m1/s1. The van der Waals surface area contributed by atoms with Crippen LogP contribution >= 0.6 is 0 Å². The summed E-state index contributed by atoms with van der Waals surface area (Å²) in [5, 5.41) is 3.27. The Morgan fingerprint density at radius 2 is 2.17 bits per heavy atom. The third kappa shape index (κ3) is 2.65. The smallest absolute Gasteiger partial charge is 0.262 e. The number of nitrogens with one attached hydrogen (secondary N) is 1. The van der Waals surface area contributed by atoms with Crippen molar-refractivity contribution >= 4 is 5.91 Å². The highest BCUT2D eigenvalue weighted by Crippen LogP contribution is 2.43. The molecule has 2 fully saturated rings. The first-order valence-electron chi connectivity index (χ1n) is 8.33. The van der Waals surface area contributed by atoms with E-state index in [4.69, 9.17) is 10.5 Å². The van der Waals surface area contributed by atoms with Crippen LogP contribution in [0.4, 0.5) is 8.78 Å². The van der Waals surface area contributed by atoms with Crippen molar-refractivity contribution in [3.8, 4) is 5.75 Å². The zero-order valence-electron chi connectivity index (χ0n) is 13.3. The number of hydrogen-bond donors (Lipinski definition) is 2. The summed E-state index contributed by atoms with van der Waals surface area (Å²) >= 11 is 0.